The predicted molar refractivity (Wildman–Crippen MR) is 84.2 cm³/mol. The normalized spacial score (nSPS) is 20.7. The van der Waals surface area contributed by atoms with E-state index in [4.69, 9.17) is 26.2 Å². The third-order valence-electron chi connectivity index (χ3n) is 3.98. The molecule has 7 heteroatoms. The van der Waals surface area contributed by atoms with Gasteiger partial charge in [0.1, 0.15) is 0 Å². The van der Waals surface area contributed by atoms with Crippen molar-refractivity contribution >= 4 is 17.6 Å². The highest BCUT2D eigenvalue weighted by atomic mass is 16.4. The molecule has 0 radical (unpaired) electrons. The summed E-state index contributed by atoms with van der Waals surface area (Å²) in [6.45, 7) is 6.87. The minimum atomic E-state index is -2.27. The van der Waals surface area contributed by atoms with Crippen molar-refractivity contribution in [3.63, 3.8) is 0 Å². The van der Waals surface area contributed by atoms with E-state index in [1.165, 1.54) is 17.5 Å². The van der Waals surface area contributed by atoms with Gasteiger partial charge in [-0.05, 0) is 34.9 Å². The largest absolute Gasteiger partial charge is 0.479 e. The zero-order valence-corrected chi connectivity index (χ0v) is 13.4. The second-order valence-electron chi connectivity index (χ2n) is 6.36. The Morgan fingerprint density at radius 2 is 1.65 bits per heavy atom. The number of nitrogen functional groups attached to an aromatic ring is 1. The summed E-state index contributed by atoms with van der Waals surface area (Å²) in [6.07, 6.45) is -3.31. The Labute approximate surface area is 134 Å². The van der Waals surface area contributed by atoms with Gasteiger partial charge in [-0.1, -0.05) is 32.9 Å². The Morgan fingerprint density at radius 3 is 2.04 bits per heavy atom. The van der Waals surface area contributed by atoms with Crippen LogP contribution >= 0.6 is 0 Å². The van der Waals surface area contributed by atoms with E-state index in [1.807, 2.05) is 6.07 Å². The van der Waals surface area contributed by atoms with Gasteiger partial charge in [0.2, 0.25) is 0 Å². The molecule has 1 aliphatic rings. The number of fused-ring (bicyclic) bond motifs is 1. The second-order valence-corrected chi connectivity index (χ2v) is 6.36. The van der Waals surface area contributed by atoms with Crippen molar-refractivity contribution in [2.45, 2.75) is 50.7 Å². The second kappa shape index (κ2) is 6.97. The summed E-state index contributed by atoms with van der Waals surface area (Å²) in [6, 6.07) is 6.29. The zero-order chi connectivity index (χ0) is 17.9. The summed E-state index contributed by atoms with van der Waals surface area (Å²) < 4.78 is 0. The van der Waals surface area contributed by atoms with Crippen LogP contribution in [0.4, 0.5) is 5.69 Å². The highest BCUT2D eigenvalue weighted by Gasteiger charge is 2.35. The highest BCUT2D eigenvalue weighted by molar-refractivity contribution is 5.83. The number of hydrogen-bond acceptors (Lipinski definition) is 5. The molecular weight excluding hydrogens is 302 g/mol. The number of nitrogens with two attached hydrogens (primary N) is 1. The SMILES string of the molecule is C[C@@H]1CC(C)(C)c2cccc(N)c21.O=C(O)[C@@H](O)[C@H](O)C(=O)O. The number of aliphatic carboxylic acids is 2. The van der Waals surface area contributed by atoms with Crippen LogP contribution in [0.1, 0.15) is 44.2 Å². The monoisotopic (exact) mass is 325 g/mol. The molecule has 0 bridgehead atoms. The fourth-order valence-electron chi connectivity index (χ4n) is 2.97. The average Bonchev–Trinajstić information content (AvgIpc) is 2.68. The molecule has 2 rings (SSSR count). The minimum absolute atomic E-state index is 0.310. The summed E-state index contributed by atoms with van der Waals surface area (Å²) in [5.74, 6) is -2.92. The third-order valence-corrected chi connectivity index (χ3v) is 3.98. The molecule has 0 fully saturated rings. The standard InChI is InChI=1S/C12H17N.C4H6O6/c1-8-7-12(2,3)9-5-4-6-10(13)11(8)9;5-1(3(7)8)2(6)4(9)10/h4-6,8H,7,13H2,1-3H3;1-2,5-6H,(H,7,8)(H,9,10)/t8-;1-,2-/m10/s1. The van der Waals surface area contributed by atoms with Crippen LogP contribution in [0.15, 0.2) is 18.2 Å². The maximum atomic E-state index is 9.77. The molecule has 0 aromatic heterocycles. The molecule has 0 saturated carbocycles. The van der Waals surface area contributed by atoms with Gasteiger partial charge in [0.05, 0.1) is 0 Å². The summed E-state index contributed by atoms with van der Waals surface area (Å²) >= 11 is 0. The lowest BCUT2D eigenvalue weighted by molar-refractivity contribution is -0.165. The number of carbonyl (C=O) groups is 2. The van der Waals surface area contributed by atoms with Crippen LogP contribution in [0.5, 0.6) is 0 Å². The first-order valence-electron chi connectivity index (χ1n) is 7.19. The topological polar surface area (TPSA) is 141 Å². The molecule has 6 N–H and O–H groups in total. The van der Waals surface area contributed by atoms with Crippen LogP contribution in [0.25, 0.3) is 0 Å². The summed E-state index contributed by atoms with van der Waals surface area (Å²) in [5, 5.41) is 32.5. The number of carboxylic acid groups (broad SMARTS) is 2. The maximum absolute atomic E-state index is 9.77. The number of hydrogen-bond donors (Lipinski definition) is 5. The lowest BCUT2D eigenvalue weighted by Gasteiger charge is -2.18. The van der Waals surface area contributed by atoms with Gasteiger partial charge < -0.3 is 26.2 Å². The van der Waals surface area contributed by atoms with Gasteiger partial charge in [0, 0.05) is 5.69 Å². The zero-order valence-electron chi connectivity index (χ0n) is 13.4. The van der Waals surface area contributed by atoms with Crippen LogP contribution in [0.3, 0.4) is 0 Å². The first kappa shape index (κ1) is 18.9. The Morgan fingerprint density at radius 1 is 1.17 bits per heavy atom. The minimum Gasteiger partial charge on any atom is -0.479 e. The number of anilines is 1. The summed E-state index contributed by atoms with van der Waals surface area (Å²) in [4.78, 5) is 19.5. The molecular formula is C16H23NO6. The molecule has 128 valence electrons. The molecule has 0 saturated heterocycles. The van der Waals surface area contributed by atoms with Crippen molar-refractivity contribution < 1.29 is 30.0 Å². The Kier molecular flexibility index (Phi) is 5.74. The Hall–Kier alpha value is -2.12. The van der Waals surface area contributed by atoms with E-state index in [9.17, 15) is 9.59 Å². The van der Waals surface area contributed by atoms with Crippen molar-refractivity contribution in [1.29, 1.82) is 0 Å². The van der Waals surface area contributed by atoms with E-state index >= 15 is 0 Å². The predicted octanol–water partition coefficient (Wildman–Crippen LogP) is 0.931. The first-order valence-corrected chi connectivity index (χ1v) is 7.19. The summed E-state index contributed by atoms with van der Waals surface area (Å²) in [7, 11) is 0. The first-order chi connectivity index (χ1) is 10.5. The van der Waals surface area contributed by atoms with Crippen LogP contribution in [-0.2, 0) is 15.0 Å². The molecule has 0 unspecified atom stereocenters. The number of carboxylic acids is 2. The van der Waals surface area contributed by atoms with Crippen LogP contribution in [0, 0.1) is 0 Å². The molecule has 0 spiro atoms. The van der Waals surface area contributed by atoms with Gasteiger partial charge in [-0.2, -0.15) is 0 Å². The molecule has 1 aromatic rings. The number of rotatable bonds is 3. The number of benzene rings is 1. The van der Waals surface area contributed by atoms with E-state index in [-0.39, 0.29) is 0 Å². The smallest absolute Gasteiger partial charge is 0.335 e. The van der Waals surface area contributed by atoms with Gasteiger partial charge in [0.15, 0.2) is 12.2 Å². The lowest BCUT2D eigenvalue weighted by Crippen LogP contribution is -2.39. The quantitative estimate of drug-likeness (QED) is 0.520. The molecule has 1 aliphatic carbocycles. The van der Waals surface area contributed by atoms with Gasteiger partial charge in [-0.3, -0.25) is 0 Å². The van der Waals surface area contributed by atoms with Crippen molar-refractivity contribution in [3.05, 3.63) is 29.3 Å². The van der Waals surface area contributed by atoms with E-state index in [2.05, 4.69) is 32.9 Å². The average molecular weight is 325 g/mol. The van der Waals surface area contributed by atoms with Gasteiger partial charge >= 0.3 is 11.9 Å². The van der Waals surface area contributed by atoms with Gasteiger partial charge in [-0.25, -0.2) is 9.59 Å². The molecule has 1 aromatic carbocycles. The lowest BCUT2D eigenvalue weighted by atomic mass is 9.86. The third kappa shape index (κ3) is 4.20. The molecule has 0 amide bonds. The van der Waals surface area contributed by atoms with E-state index in [0.29, 0.717) is 11.3 Å². The highest BCUT2D eigenvalue weighted by Crippen LogP contribution is 2.47. The van der Waals surface area contributed by atoms with Crippen molar-refractivity contribution in [3.8, 4) is 0 Å². The van der Waals surface area contributed by atoms with Crippen molar-refractivity contribution in [2.75, 3.05) is 5.73 Å². The molecule has 3 atom stereocenters. The Balaban J connectivity index is 0.000000241. The van der Waals surface area contributed by atoms with E-state index in [1.54, 1.807) is 0 Å². The Bertz CT molecular complexity index is 580. The fourth-order valence-corrected chi connectivity index (χ4v) is 2.97. The van der Waals surface area contributed by atoms with Crippen LogP contribution in [-0.4, -0.2) is 44.6 Å². The fraction of sp³-hybridized carbons (Fsp3) is 0.500. The number of aliphatic hydroxyl groups is 2. The van der Waals surface area contributed by atoms with Crippen LogP contribution < -0.4 is 5.73 Å². The molecule has 7 nitrogen and oxygen atoms in total. The van der Waals surface area contributed by atoms with Gasteiger partial charge in [-0.15, -0.1) is 0 Å². The van der Waals surface area contributed by atoms with Crippen LogP contribution in [0.2, 0.25) is 0 Å². The summed E-state index contributed by atoms with van der Waals surface area (Å²) in [5.41, 5.74) is 10.1. The van der Waals surface area contributed by atoms with Crippen molar-refractivity contribution in [2.24, 2.45) is 0 Å². The number of aliphatic hydroxyl groups excluding tert-OH is 2. The maximum Gasteiger partial charge on any atom is 0.335 e. The molecule has 23 heavy (non-hydrogen) atoms. The van der Waals surface area contributed by atoms with E-state index < -0.39 is 24.1 Å². The van der Waals surface area contributed by atoms with Gasteiger partial charge in [0.25, 0.3) is 0 Å². The van der Waals surface area contributed by atoms with E-state index in [0.717, 1.165) is 5.69 Å². The molecule has 0 heterocycles. The molecule has 0 aliphatic heterocycles. The van der Waals surface area contributed by atoms with Crippen molar-refractivity contribution in [1.82, 2.24) is 0 Å².